The van der Waals surface area contributed by atoms with Crippen molar-refractivity contribution in [3.05, 3.63) is 118 Å². The Morgan fingerprint density at radius 3 is 2.75 bits per heavy atom. The third-order valence-electron chi connectivity index (χ3n) is 6.88. The van der Waals surface area contributed by atoms with Gasteiger partial charge in [0.05, 0.1) is 29.3 Å². The number of aromatic nitrogens is 3. The number of nitriles is 1. The third-order valence-corrected chi connectivity index (χ3v) is 6.88. The summed E-state index contributed by atoms with van der Waals surface area (Å²) in [4.78, 5) is 17.5. The van der Waals surface area contributed by atoms with Crippen molar-refractivity contribution in [2.45, 2.75) is 12.1 Å². The molecule has 1 aliphatic rings. The summed E-state index contributed by atoms with van der Waals surface area (Å²) >= 11 is 0. The molecule has 1 atom stereocenters. The molecule has 0 unspecified atom stereocenters. The van der Waals surface area contributed by atoms with E-state index in [4.69, 9.17) is 14.6 Å². The van der Waals surface area contributed by atoms with E-state index in [1.165, 1.54) is 6.07 Å². The second kappa shape index (κ2) is 7.94. The van der Waals surface area contributed by atoms with Crippen LogP contribution in [0.25, 0.3) is 22.0 Å². The molecule has 7 nitrogen and oxygen atoms in total. The molecule has 36 heavy (non-hydrogen) atoms. The Labute approximate surface area is 211 Å². The second-order valence-electron chi connectivity index (χ2n) is 8.97. The molecule has 3 heterocycles. The van der Waals surface area contributed by atoms with Crippen molar-refractivity contribution in [3.8, 4) is 22.9 Å². The number of imidazole rings is 1. The van der Waals surface area contributed by atoms with Crippen molar-refractivity contribution in [2.75, 3.05) is 0 Å². The maximum absolute atomic E-state index is 13.2. The zero-order valence-electron chi connectivity index (χ0n) is 22.4. The van der Waals surface area contributed by atoms with Crippen LogP contribution in [0.15, 0.2) is 84.0 Å². The van der Waals surface area contributed by atoms with Crippen molar-refractivity contribution >= 4 is 10.9 Å². The van der Waals surface area contributed by atoms with Crippen LogP contribution in [-0.2, 0) is 26.2 Å². The van der Waals surface area contributed by atoms with Gasteiger partial charge in [-0.2, -0.15) is 5.26 Å². The fourth-order valence-corrected chi connectivity index (χ4v) is 4.98. The molecule has 6 rings (SSSR count). The molecule has 0 fully saturated rings. The van der Waals surface area contributed by atoms with Gasteiger partial charge in [0.25, 0.3) is 5.56 Å². The van der Waals surface area contributed by atoms with E-state index < -0.39 is 18.1 Å². The highest BCUT2D eigenvalue weighted by Gasteiger charge is 2.36. The molecule has 7 heteroatoms. The number of ether oxygens (including phenoxy) is 1. The van der Waals surface area contributed by atoms with Crippen LogP contribution >= 0.6 is 0 Å². The van der Waals surface area contributed by atoms with Crippen LogP contribution in [0.5, 0.6) is 5.75 Å². The van der Waals surface area contributed by atoms with Crippen LogP contribution in [0.4, 0.5) is 0 Å². The Bertz CT molecular complexity index is 1880. The summed E-state index contributed by atoms with van der Waals surface area (Å²) in [5.74, 6) is 0.386. The molecule has 0 aliphatic carbocycles. The standard InChI is InChI=1S/C29H23N5O2/c1-33-17-32-15-27(33)29(31)21-8-9-25-24(11-21)23(13-28(35)34(25)2)19-5-3-4-18(10-19)16-36-26-12-22(29)7-6-20(26)14-30/h3-13,15,17H,16,31H2,1-2H3/t29-/m1/s1/i2D3. The lowest BCUT2D eigenvalue weighted by molar-refractivity contribution is 0.304. The van der Waals surface area contributed by atoms with Crippen LogP contribution in [0, 0.1) is 11.3 Å². The highest BCUT2D eigenvalue weighted by Crippen LogP contribution is 2.39. The Kier molecular flexibility index (Phi) is 4.11. The molecule has 6 bridgehead atoms. The molecular formula is C29H23N5O2. The van der Waals surface area contributed by atoms with E-state index in [2.05, 4.69) is 11.1 Å². The molecule has 2 aromatic heterocycles. The van der Waals surface area contributed by atoms with E-state index in [0.717, 1.165) is 15.7 Å². The number of pyridine rings is 1. The quantitative estimate of drug-likeness (QED) is 0.395. The number of aryl methyl sites for hydroxylation is 2. The maximum Gasteiger partial charge on any atom is 0.251 e. The minimum absolute atomic E-state index is 0.169. The number of hydrogen-bond donors (Lipinski definition) is 1. The van der Waals surface area contributed by atoms with Gasteiger partial charge in [-0.05, 0) is 58.1 Å². The molecule has 0 radical (unpaired) electrons. The minimum Gasteiger partial charge on any atom is -0.488 e. The van der Waals surface area contributed by atoms with E-state index in [1.807, 2.05) is 41.9 Å². The molecule has 1 aliphatic heterocycles. The van der Waals surface area contributed by atoms with E-state index in [-0.39, 0.29) is 12.1 Å². The van der Waals surface area contributed by atoms with Crippen molar-refractivity contribution in [1.82, 2.24) is 14.1 Å². The lowest BCUT2D eigenvalue weighted by Crippen LogP contribution is -2.41. The molecule has 0 saturated carbocycles. The molecule has 5 aromatic rings. The van der Waals surface area contributed by atoms with Gasteiger partial charge >= 0.3 is 0 Å². The van der Waals surface area contributed by atoms with Gasteiger partial charge in [0.1, 0.15) is 24.0 Å². The highest BCUT2D eigenvalue weighted by molar-refractivity contribution is 5.95. The zero-order chi connectivity index (χ0) is 27.5. The third kappa shape index (κ3) is 3.16. The zero-order valence-corrected chi connectivity index (χ0v) is 19.4. The second-order valence-corrected chi connectivity index (χ2v) is 8.97. The summed E-state index contributed by atoms with van der Waals surface area (Å²) in [6.07, 6.45) is 3.32. The van der Waals surface area contributed by atoms with Crippen LogP contribution in [0.1, 0.15) is 32.1 Å². The van der Waals surface area contributed by atoms with E-state index in [0.29, 0.717) is 39.1 Å². The molecule has 0 saturated heterocycles. The van der Waals surface area contributed by atoms with Crippen LogP contribution < -0.4 is 16.0 Å². The van der Waals surface area contributed by atoms with Gasteiger partial charge in [0, 0.05) is 29.6 Å². The van der Waals surface area contributed by atoms with Gasteiger partial charge in [0.15, 0.2) is 0 Å². The maximum atomic E-state index is 13.2. The van der Waals surface area contributed by atoms with Gasteiger partial charge < -0.3 is 19.6 Å². The molecule has 3 aromatic carbocycles. The fourth-order valence-electron chi connectivity index (χ4n) is 4.98. The van der Waals surface area contributed by atoms with Gasteiger partial charge in [-0.3, -0.25) is 4.79 Å². The predicted molar refractivity (Wildman–Crippen MR) is 137 cm³/mol. The number of fused-ring (bicyclic) bond motifs is 6. The first-order valence-corrected chi connectivity index (χ1v) is 11.3. The normalized spacial score (nSPS) is 18.1. The molecule has 0 amide bonds. The van der Waals surface area contributed by atoms with Crippen molar-refractivity contribution in [2.24, 2.45) is 19.8 Å². The number of benzene rings is 3. The van der Waals surface area contributed by atoms with Gasteiger partial charge in [-0.25, -0.2) is 4.98 Å². The Morgan fingerprint density at radius 2 is 1.97 bits per heavy atom. The first-order valence-electron chi connectivity index (χ1n) is 12.8. The lowest BCUT2D eigenvalue weighted by Gasteiger charge is -2.32. The van der Waals surface area contributed by atoms with E-state index >= 15 is 0 Å². The summed E-state index contributed by atoms with van der Waals surface area (Å²) in [5.41, 5.74) is 10.1. The van der Waals surface area contributed by atoms with Crippen LogP contribution in [-0.4, -0.2) is 14.1 Å². The Morgan fingerprint density at radius 1 is 1.14 bits per heavy atom. The minimum atomic E-state index is -2.68. The van der Waals surface area contributed by atoms with Gasteiger partial charge in [0.2, 0.25) is 0 Å². The van der Waals surface area contributed by atoms with Gasteiger partial charge in [-0.1, -0.05) is 30.3 Å². The molecule has 0 spiro atoms. The summed E-state index contributed by atoms with van der Waals surface area (Å²) in [7, 11) is 1.84. The van der Waals surface area contributed by atoms with E-state index in [1.54, 1.807) is 42.9 Å². The van der Waals surface area contributed by atoms with E-state index in [9.17, 15) is 10.1 Å². The topological polar surface area (TPSA) is 98.9 Å². The first kappa shape index (κ1) is 18.6. The smallest absolute Gasteiger partial charge is 0.251 e. The number of nitrogens with two attached hydrogens (primary N) is 1. The van der Waals surface area contributed by atoms with Crippen molar-refractivity contribution in [1.29, 1.82) is 5.26 Å². The fraction of sp³-hybridized carbons (Fsp3) is 0.138. The highest BCUT2D eigenvalue weighted by atomic mass is 16.5. The molecule has 176 valence electrons. The number of rotatable bonds is 1. The summed E-state index contributed by atoms with van der Waals surface area (Å²) < 4.78 is 32.9. The average molecular weight is 477 g/mol. The summed E-state index contributed by atoms with van der Waals surface area (Å²) in [6.45, 7) is -2.51. The average Bonchev–Trinajstić information content (AvgIpc) is 3.35. The largest absolute Gasteiger partial charge is 0.488 e. The summed E-state index contributed by atoms with van der Waals surface area (Å²) in [5, 5.41) is 10.3. The monoisotopic (exact) mass is 476 g/mol. The van der Waals surface area contributed by atoms with Crippen molar-refractivity contribution < 1.29 is 8.85 Å². The molecular weight excluding hydrogens is 450 g/mol. The summed E-state index contributed by atoms with van der Waals surface area (Å²) in [6, 6.07) is 21.5. The van der Waals surface area contributed by atoms with Crippen LogP contribution in [0.2, 0.25) is 0 Å². The SMILES string of the molecule is [2H]C([2H])([2H])n1c(=O)cc2c3cc(ccc31)[C@](N)(c1cncn1C)c1ccc(C#N)c(c1)OCc1cccc-2c1. The number of nitrogens with zero attached hydrogens (tertiary/aromatic N) is 4. The lowest BCUT2D eigenvalue weighted by atomic mass is 9.79. The Hall–Kier alpha value is -4.67. The van der Waals surface area contributed by atoms with Crippen molar-refractivity contribution in [3.63, 3.8) is 0 Å². The predicted octanol–water partition coefficient (Wildman–Crippen LogP) is 3.95. The van der Waals surface area contributed by atoms with Gasteiger partial charge in [-0.15, -0.1) is 0 Å². The number of hydrogen-bond acceptors (Lipinski definition) is 5. The van der Waals surface area contributed by atoms with Crippen LogP contribution in [0.3, 0.4) is 0 Å². The first-order chi connectivity index (χ1) is 18.6. The molecule has 2 N–H and O–H groups in total. The Balaban J connectivity index is 1.78.